The number of rotatable bonds is 4. The van der Waals surface area contributed by atoms with Crippen LogP contribution in [0.15, 0.2) is 14.3 Å². The van der Waals surface area contributed by atoms with Gasteiger partial charge >= 0.3 is 0 Å². The van der Waals surface area contributed by atoms with Gasteiger partial charge in [0.15, 0.2) is 0 Å². The summed E-state index contributed by atoms with van der Waals surface area (Å²) in [5.74, 6) is 0.849. The average Bonchev–Trinajstić information content (AvgIpc) is 2.70. The van der Waals surface area contributed by atoms with Crippen LogP contribution in [0.1, 0.15) is 43.5 Å². The van der Waals surface area contributed by atoms with Gasteiger partial charge in [-0.3, -0.25) is 4.90 Å². The first-order valence-electron chi connectivity index (χ1n) is 6.89. The van der Waals surface area contributed by atoms with Gasteiger partial charge in [0.05, 0.1) is 9.83 Å². The summed E-state index contributed by atoms with van der Waals surface area (Å²) in [5, 5.41) is 0. The van der Waals surface area contributed by atoms with Crippen LogP contribution in [0.4, 0.5) is 0 Å². The lowest BCUT2D eigenvalue weighted by Gasteiger charge is -2.38. The molecule has 2 N–H and O–H groups in total. The maximum Gasteiger partial charge on any atom is 0.0843 e. The predicted octanol–water partition coefficient (Wildman–Crippen LogP) is 4.78. The molecule has 0 aromatic carbocycles. The van der Waals surface area contributed by atoms with Crippen molar-refractivity contribution in [2.24, 2.45) is 11.7 Å². The van der Waals surface area contributed by atoms with Crippen molar-refractivity contribution in [1.29, 1.82) is 0 Å². The van der Waals surface area contributed by atoms with Gasteiger partial charge in [0.25, 0.3) is 0 Å². The van der Waals surface area contributed by atoms with E-state index >= 15 is 0 Å². The fraction of sp³-hybridized carbons (Fsp3) is 0.714. The van der Waals surface area contributed by atoms with E-state index < -0.39 is 0 Å². The van der Waals surface area contributed by atoms with Crippen LogP contribution in [0, 0.1) is 5.92 Å². The molecule has 1 saturated carbocycles. The lowest BCUT2D eigenvalue weighted by Crippen LogP contribution is -2.40. The molecule has 1 aromatic heterocycles. The van der Waals surface area contributed by atoms with Gasteiger partial charge in [0, 0.05) is 21.9 Å². The van der Waals surface area contributed by atoms with Gasteiger partial charge in [-0.2, -0.15) is 0 Å². The highest BCUT2D eigenvalue weighted by Crippen LogP contribution is 2.38. The molecule has 3 unspecified atom stereocenters. The van der Waals surface area contributed by atoms with Crippen LogP contribution in [0.25, 0.3) is 0 Å². The Kier molecular flexibility index (Phi) is 5.90. The molecule has 1 aliphatic rings. The first kappa shape index (κ1) is 16.0. The second-order valence-electron chi connectivity index (χ2n) is 5.61. The smallest absolute Gasteiger partial charge is 0.0843 e. The van der Waals surface area contributed by atoms with E-state index in [1.165, 1.54) is 30.6 Å². The van der Waals surface area contributed by atoms with E-state index in [1.807, 2.05) is 0 Å². The van der Waals surface area contributed by atoms with Gasteiger partial charge in [-0.1, -0.05) is 19.8 Å². The number of nitrogens with two attached hydrogens (primary N) is 1. The summed E-state index contributed by atoms with van der Waals surface area (Å²) in [7, 11) is 2.24. The van der Waals surface area contributed by atoms with Crippen LogP contribution < -0.4 is 5.73 Å². The molecule has 0 bridgehead atoms. The molecule has 0 aliphatic heterocycles. The third kappa shape index (κ3) is 3.82. The summed E-state index contributed by atoms with van der Waals surface area (Å²) in [6.45, 7) is 3.05. The molecule has 2 rings (SSSR count). The summed E-state index contributed by atoms with van der Waals surface area (Å²) < 4.78 is 2.29. The minimum atomic E-state index is 0.336. The zero-order chi connectivity index (χ0) is 14.0. The Morgan fingerprint density at radius 1 is 1.47 bits per heavy atom. The largest absolute Gasteiger partial charge is 0.329 e. The van der Waals surface area contributed by atoms with E-state index in [9.17, 15) is 0 Å². The van der Waals surface area contributed by atoms with Crippen molar-refractivity contribution in [3.63, 3.8) is 0 Å². The zero-order valence-corrected chi connectivity index (χ0v) is 15.5. The van der Waals surface area contributed by atoms with Gasteiger partial charge in [0.2, 0.25) is 0 Å². The van der Waals surface area contributed by atoms with Gasteiger partial charge in [-0.25, -0.2) is 0 Å². The molecule has 108 valence electrons. The van der Waals surface area contributed by atoms with Crippen LogP contribution >= 0.6 is 43.2 Å². The molecule has 0 amide bonds. The zero-order valence-electron chi connectivity index (χ0n) is 11.5. The summed E-state index contributed by atoms with van der Waals surface area (Å²) in [5.41, 5.74) is 6.04. The Morgan fingerprint density at radius 3 is 2.74 bits per heavy atom. The molecule has 0 spiro atoms. The fourth-order valence-corrected chi connectivity index (χ4v) is 5.29. The van der Waals surface area contributed by atoms with E-state index in [-0.39, 0.29) is 0 Å². The van der Waals surface area contributed by atoms with Crippen molar-refractivity contribution in [1.82, 2.24) is 4.90 Å². The number of nitrogens with zero attached hydrogens (tertiary/aromatic N) is 1. The van der Waals surface area contributed by atoms with Crippen molar-refractivity contribution in [3.05, 3.63) is 19.2 Å². The highest BCUT2D eigenvalue weighted by atomic mass is 79.9. The molecule has 19 heavy (non-hydrogen) atoms. The third-order valence-corrected chi connectivity index (χ3v) is 7.55. The summed E-state index contributed by atoms with van der Waals surface area (Å²) in [6, 6.07) is 3.22. The van der Waals surface area contributed by atoms with E-state index in [1.54, 1.807) is 11.3 Å². The van der Waals surface area contributed by atoms with Crippen LogP contribution in [-0.2, 0) is 0 Å². The molecule has 3 atom stereocenters. The van der Waals surface area contributed by atoms with E-state index in [0.29, 0.717) is 18.6 Å². The normalized spacial score (nSPS) is 25.8. The summed E-state index contributed by atoms with van der Waals surface area (Å²) in [6.07, 6.45) is 5.35. The quantitative estimate of drug-likeness (QED) is 0.774. The highest BCUT2D eigenvalue weighted by Gasteiger charge is 2.28. The number of hydrogen-bond acceptors (Lipinski definition) is 3. The Morgan fingerprint density at radius 2 is 2.21 bits per heavy atom. The first-order valence-corrected chi connectivity index (χ1v) is 9.30. The molecular formula is C14H22Br2N2S. The third-order valence-electron chi connectivity index (χ3n) is 4.19. The number of halogens is 2. The maximum atomic E-state index is 6.04. The number of hydrogen-bond donors (Lipinski definition) is 1. The molecule has 5 heteroatoms. The van der Waals surface area contributed by atoms with Crippen molar-refractivity contribution >= 4 is 43.2 Å². The van der Waals surface area contributed by atoms with Crippen LogP contribution in [0.3, 0.4) is 0 Å². The lowest BCUT2D eigenvalue weighted by atomic mass is 9.86. The fourth-order valence-electron chi connectivity index (χ4n) is 3.04. The molecule has 0 saturated heterocycles. The van der Waals surface area contributed by atoms with E-state index in [0.717, 1.165) is 14.2 Å². The van der Waals surface area contributed by atoms with E-state index in [2.05, 4.69) is 56.8 Å². The second-order valence-corrected chi connectivity index (χ2v) is 8.87. The van der Waals surface area contributed by atoms with Gasteiger partial charge in [0.1, 0.15) is 0 Å². The van der Waals surface area contributed by atoms with Gasteiger partial charge in [-0.05, 0) is 63.7 Å². The lowest BCUT2D eigenvalue weighted by molar-refractivity contribution is 0.122. The first-order chi connectivity index (χ1) is 9.02. The minimum absolute atomic E-state index is 0.336. The molecule has 1 heterocycles. The monoisotopic (exact) mass is 408 g/mol. The maximum absolute atomic E-state index is 6.04. The topological polar surface area (TPSA) is 29.3 Å². The highest BCUT2D eigenvalue weighted by molar-refractivity contribution is 9.13. The molecule has 2 nitrogen and oxygen atoms in total. The SMILES string of the molecule is CC1CCCC(N(C)C(CN)c2cc(Br)c(Br)s2)C1. The summed E-state index contributed by atoms with van der Waals surface area (Å²) in [4.78, 5) is 3.85. The Bertz CT molecular complexity index is 402. The number of thiophene rings is 1. The van der Waals surface area contributed by atoms with E-state index in [4.69, 9.17) is 5.73 Å². The average molecular weight is 410 g/mol. The van der Waals surface area contributed by atoms with Crippen molar-refractivity contribution < 1.29 is 0 Å². The summed E-state index contributed by atoms with van der Waals surface area (Å²) >= 11 is 8.94. The standard InChI is InChI=1S/C14H22Br2N2S/c1-9-4-3-5-10(6-9)18(2)12(8-17)13-7-11(15)14(16)19-13/h7,9-10,12H,3-6,8,17H2,1-2H3. The molecular weight excluding hydrogens is 388 g/mol. The van der Waals surface area contributed by atoms with Crippen LogP contribution in [0.2, 0.25) is 0 Å². The molecule has 0 radical (unpaired) electrons. The second kappa shape index (κ2) is 7.03. The molecule has 1 fully saturated rings. The van der Waals surface area contributed by atoms with Crippen molar-refractivity contribution in [2.45, 2.75) is 44.7 Å². The Balaban J connectivity index is 2.12. The molecule has 1 aromatic rings. The Labute approximate surface area is 137 Å². The molecule has 1 aliphatic carbocycles. The minimum Gasteiger partial charge on any atom is -0.329 e. The number of likely N-dealkylation sites (N-methyl/N-ethyl adjacent to an activating group) is 1. The van der Waals surface area contributed by atoms with Crippen LogP contribution in [0.5, 0.6) is 0 Å². The van der Waals surface area contributed by atoms with Gasteiger partial charge < -0.3 is 5.73 Å². The van der Waals surface area contributed by atoms with Crippen molar-refractivity contribution in [3.8, 4) is 0 Å². The van der Waals surface area contributed by atoms with Crippen LogP contribution in [-0.4, -0.2) is 24.5 Å². The van der Waals surface area contributed by atoms with Gasteiger partial charge in [-0.15, -0.1) is 11.3 Å². The van der Waals surface area contributed by atoms with Crippen molar-refractivity contribution in [2.75, 3.05) is 13.6 Å². The Hall–Kier alpha value is 0.580. The predicted molar refractivity (Wildman–Crippen MR) is 90.7 cm³/mol.